The SMILES string of the molecule is C=CCN(/C=C\CC)CC(C)C. The van der Waals surface area contributed by atoms with Gasteiger partial charge in [0.15, 0.2) is 0 Å². The van der Waals surface area contributed by atoms with Gasteiger partial charge in [-0.2, -0.15) is 0 Å². The molecule has 0 aromatic heterocycles. The van der Waals surface area contributed by atoms with Gasteiger partial charge in [0.2, 0.25) is 0 Å². The lowest BCUT2D eigenvalue weighted by Gasteiger charge is -2.20. The molecule has 0 radical (unpaired) electrons. The maximum atomic E-state index is 3.74. The van der Waals surface area contributed by atoms with E-state index in [-0.39, 0.29) is 0 Å². The molecule has 0 saturated heterocycles. The first-order valence-corrected chi connectivity index (χ1v) is 4.72. The zero-order chi connectivity index (χ0) is 9.40. The monoisotopic (exact) mass is 167 g/mol. The van der Waals surface area contributed by atoms with E-state index >= 15 is 0 Å². The predicted molar refractivity (Wildman–Crippen MR) is 56.0 cm³/mol. The number of hydrogen-bond donors (Lipinski definition) is 0. The van der Waals surface area contributed by atoms with Gasteiger partial charge in [0.05, 0.1) is 0 Å². The van der Waals surface area contributed by atoms with E-state index in [2.05, 4.69) is 44.5 Å². The van der Waals surface area contributed by atoms with Gasteiger partial charge in [-0.1, -0.05) is 32.9 Å². The first kappa shape index (κ1) is 11.3. The summed E-state index contributed by atoms with van der Waals surface area (Å²) in [5.41, 5.74) is 0. The second kappa shape index (κ2) is 6.96. The molecule has 0 bridgehead atoms. The molecule has 0 rings (SSSR count). The van der Waals surface area contributed by atoms with Gasteiger partial charge in [-0.25, -0.2) is 0 Å². The lowest BCUT2D eigenvalue weighted by molar-refractivity contribution is 0.359. The molecular weight excluding hydrogens is 146 g/mol. The van der Waals surface area contributed by atoms with Crippen LogP contribution >= 0.6 is 0 Å². The van der Waals surface area contributed by atoms with Crippen molar-refractivity contribution in [3.63, 3.8) is 0 Å². The van der Waals surface area contributed by atoms with Gasteiger partial charge in [-0.15, -0.1) is 6.58 Å². The summed E-state index contributed by atoms with van der Waals surface area (Å²) >= 11 is 0. The van der Waals surface area contributed by atoms with E-state index in [0.29, 0.717) is 5.92 Å². The Morgan fingerprint density at radius 3 is 2.50 bits per heavy atom. The molecule has 0 N–H and O–H groups in total. The molecule has 0 atom stereocenters. The van der Waals surface area contributed by atoms with E-state index < -0.39 is 0 Å². The average molecular weight is 167 g/mol. The second-order valence-electron chi connectivity index (χ2n) is 3.43. The second-order valence-corrected chi connectivity index (χ2v) is 3.43. The largest absolute Gasteiger partial charge is 0.374 e. The number of allylic oxidation sites excluding steroid dienone is 1. The quantitative estimate of drug-likeness (QED) is 0.550. The third-order valence-corrected chi connectivity index (χ3v) is 1.52. The first-order chi connectivity index (χ1) is 5.70. The van der Waals surface area contributed by atoms with Crippen molar-refractivity contribution in [2.75, 3.05) is 13.1 Å². The van der Waals surface area contributed by atoms with Crippen LogP contribution in [0.15, 0.2) is 24.9 Å². The standard InChI is InChI=1S/C11H21N/c1-5-7-9-12(8-6-2)10-11(3)4/h6-7,9,11H,2,5,8,10H2,1,3-4H3/b9-7-. The fraction of sp³-hybridized carbons (Fsp3) is 0.636. The molecule has 0 fully saturated rings. The Labute approximate surface area is 76.8 Å². The third kappa shape index (κ3) is 6.02. The van der Waals surface area contributed by atoms with Crippen molar-refractivity contribution in [3.8, 4) is 0 Å². The summed E-state index contributed by atoms with van der Waals surface area (Å²) in [5.74, 6) is 0.714. The number of rotatable bonds is 6. The lowest BCUT2D eigenvalue weighted by atomic mass is 10.2. The van der Waals surface area contributed by atoms with Gasteiger partial charge in [0, 0.05) is 13.1 Å². The van der Waals surface area contributed by atoms with Crippen LogP contribution in [0.2, 0.25) is 0 Å². The van der Waals surface area contributed by atoms with Crippen molar-refractivity contribution < 1.29 is 0 Å². The summed E-state index contributed by atoms with van der Waals surface area (Å²) in [4.78, 5) is 2.29. The highest BCUT2D eigenvalue weighted by Gasteiger charge is 1.98. The Balaban J connectivity index is 3.85. The molecule has 12 heavy (non-hydrogen) atoms. The van der Waals surface area contributed by atoms with Gasteiger partial charge >= 0.3 is 0 Å². The molecule has 0 spiro atoms. The van der Waals surface area contributed by atoms with Crippen molar-refractivity contribution in [3.05, 3.63) is 24.9 Å². The van der Waals surface area contributed by atoms with Crippen LogP contribution in [-0.2, 0) is 0 Å². The maximum Gasteiger partial charge on any atom is 0.0351 e. The molecule has 0 heterocycles. The topological polar surface area (TPSA) is 3.24 Å². The van der Waals surface area contributed by atoms with Crippen LogP contribution in [-0.4, -0.2) is 18.0 Å². The van der Waals surface area contributed by atoms with Gasteiger partial charge in [-0.05, 0) is 18.5 Å². The molecule has 1 nitrogen and oxygen atoms in total. The Kier molecular flexibility index (Phi) is 6.54. The highest BCUT2D eigenvalue weighted by molar-refractivity contribution is 4.86. The van der Waals surface area contributed by atoms with Crippen LogP contribution < -0.4 is 0 Å². The van der Waals surface area contributed by atoms with E-state index in [1.807, 2.05) is 6.08 Å². The smallest absolute Gasteiger partial charge is 0.0351 e. The van der Waals surface area contributed by atoms with Gasteiger partial charge < -0.3 is 4.90 Å². The highest BCUT2D eigenvalue weighted by atomic mass is 15.1. The van der Waals surface area contributed by atoms with Crippen molar-refractivity contribution in [2.45, 2.75) is 27.2 Å². The van der Waals surface area contributed by atoms with Crippen LogP contribution in [0.5, 0.6) is 0 Å². The van der Waals surface area contributed by atoms with Crippen LogP contribution in [0.4, 0.5) is 0 Å². The van der Waals surface area contributed by atoms with E-state index in [9.17, 15) is 0 Å². The molecule has 0 aliphatic heterocycles. The van der Waals surface area contributed by atoms with Crippen LogP contribution in [0.3, 0.4) is 0 Å². The Morgan fingerprint density at radius 1 is 1.42 bits per heavy atom. The summed E-state index contributed by atoms with van der Waals surface area (Å²) in [7, 11) is 0. The molecule has 0 aliphatic carbocycles. The zero-order valence-corrected chi connectivity index (χ0v) is 8.59. The van der Waals surface area contributed by atoms with E-state index in [0.717, 1.165) is 19.5 Å². The molecule has 1 heteroatoms. The summed E-state index contributed by atoms with van der Waals surface area (Å²) in [5, 5.41) is 0. The molecule has 0 amide bonds. The zero-order valence-electron chi connectivity index (χ0n) is 8.59. The Morgan fingerprint density at radius 2 is 2.08 bits per heavy atom. The van der Waals surface area contributed by atoms with Crippen molar-refractivity contribution in [1.82, 2.24) is 4.90 Å². The fourth-order valence-corrected chi connectivity index (χ4v) is 1.09. The predicted octanol–water partition coefficient (Wildman–Crippen LogP) is 3.05. The first-order valence-electron chi connectivity index (χ1n) is 4.72. The Hall–Kier alpha value is -0.720. The minimum Gasteiger partial charge on any atom is -0.374 e. The Bertz CT molecular complexity index is 136. The van der Waals surface area contributed by atoms with Gasteiger partial charge in [-0.3, -0.25) is 0 Å². The van der Waals surface area contributed by atoms with E-state index in [1.165, 1.54) is 0 Å². The molecule has 0 aliphatic rings. The molecule has 70 valence electrons. The van der Waals surface area contributed by atoms with Crippen molar-refractivity contribution in [2.24, 2.45) is 5.92 Å². The normalized spacial score (nSPS) is 11.0. The van der Waals surface area contributed by atoms with Gasteiger partial charge in [0.1, 0.15) is 0 Å². The highest BCUT2D eigenvalue weighted by Crippen LogP contribution is 1.99. The van der Waals surface area contributed by atoms with Crippen LogP contribution in [0, 0.1) is 5.92 Å². The molecule has 0 aromatic rings. The summed E-state index contributed by atoms with van der Waals surface area (Å²) in [6.45, 7) is 12.4. The van der Waals surface area contributed by atoms with Crippen molar-refractivity contribution in [1.29, 1.82) is 0 Å². The molecular formula is C11H21N. The minimum atomic E-state index is 0.714. The van der Waals surface area contributed by atoms with Crippen molar-refractivity contribution >= 4 is 0 Å². The van der Waals surface area contributed by atoms with Crippen LogP contribution in [0.25, 0.3) is 0 Å². The summed E-state index contributed by atoms with van der Waals surface area (Å²) in [6, 6.07) is 0. The average Bonchev–Trinajstić information content (AvgIpc) is 2.00. The maximum absolute atomic E-state index is 3.74. The third-order valence-electron chi connectivity index (χ3n) is 1.52. The fourth-order valence-electron chi connectivity index (χ4n) is 1.09. The summed E-state index contributed by atoms with van der Waals surface area (Å²) < 4.78 is 0. The summed E-state index contributed by atoms with van der Waals surface area (Å²) in [6.07, 6.45) is 7.40. The van der Waals surface area contributed by atoms with Crippen LogP contribution in [0.1, 0.15) is 27.2 Å². The molecule has 0 unspecified atom stereocenters. The minimum absolute atomic E-state index is 0.714. The lowest BCUT2D eigenvalue weighted by Crippen LogP contribution is -2.22. The van der Waals surface area contributed by atoms with E-state index in [4.69, 9.17) is 0 Å². The molecule has 0 saturated carbocycles. The number of hydrogen-bond acceptors (Lipinski definition) is 1. The molecule has 0 aromatic carbocycles. The van der Waals surface area contributed by atoms with E-state index in [1.54, 1.807) is 0 Å². The number of nitrogens with zero attached hydrogens (tertiary/aromatic N) is 1. The van der Waals surface area contributed by atoms with Gasteiger partial charge in [0.25, 0.3) is 0 Å².